The highest BCUT2D eigenvalue weighted by atomic mass is 15.3. The third-order valence-corrected chi connectivity index (χ3v) is 1.94. The summed E-state index contributed by atoms with van der Waals surface area (Å²) >= 11 is 0. The van der Waals surface area contributed by atoms with Crippen LogP contribution in [0.3, 0.4) is 0 Å². The van der Waals surface area contributed by atoms with Crippen LogP contribution >= 0.6 is 0 Å². The monoisotopic (exact) mass is 182 g/mol. The lowest BCUT2D eigenvalue weighted by Gasteiger charge is -2.20. The van der Waals surface area contributed by atoms with Crippen LogP contribution in [0.4, 0.5) is 5.95 Å². The fraction of sp³-hybridized carbons (Fsp3) is 0.667. The van der Waals surface area contributed by atoms with E-state index in [-0.39, 0.29) is 6.04 Å². The fourth-order valence-electron chi connectivity index (χ4n) is 1.40. The van der Waals surface area contributed by atoms with Gasteiger partial charge in [-0.3, -0.25) is 0 Å². The summed E-state index contributed by atoms with van der Waals surface area (Å²) in [6.45, 7) is 5.87. The first-order chi connectivity index (χ1) is 6.15. The number of aryl methyl sites for hydroxylation is 1. The molecule has 0 aliphatic carbocycles. The Bertz CT molecular complexity index is 254. The second kappa shape index (κ2) is 4.28. The zero-order valence-electron chi connectivity index (χ0n) is 8.57. The lowest BCUT2D eigenvalue weighted by molar-refractivity contribution is 0.672. The van der Waals surface area contributed by atoms with E-state index in [0.717, 1.165) is 19.0 Å². The summed E-state index contributed by atoms with van der Waals surface area (Å²) in [5, 5.41) is 0. The Labute approximate surface area is 79.4 Å². The summed E-state index contributed by atoms with van der Waals surface area (Å²) < 4.78 is 2.10. The molecule has 4 nitrogen and oxygen atoms in total. The third kappa shape index (κ3) is 2.45. The summed E-state index contributed by atoms with van der Waals surface area (Å²) in [4.78, 5) is 6.35. The van der Waals surface area contributed by atoms with Crippen molar-refractivity contribution in [3.8, 4) is 0 Å². The van der Waals surface area contributed by atoms with Gasteiger partial charge >= 0.3 is 0 Å². The molecule has 74 valence electrons. The van der Waals surface area contributed by atoms with Crippen molar-refractivity contribution in [3.05, 3.63) is 12.4 Å². The molecule has 0 spiro atoms. The van der Waals surface area contributed by atoms with Gasteiger partial charge < -0.3 is 15.2 Å². The Morgan fingerprint density at radius 2 is 2.38 bits per heavy atom. The van der Waals surface area contributed by atoms with Gasteiger partial charge in [0.15, 0.2) is 0 Å². The zero-order valence-corrected chi connectivity index (χ0v) is 8.57. The lowest BCUT2D eigenvalue weighted by atomic mass is 10.3. The van der Waals surface area contributed by atoms with Gasteiger partial charge in [0.05, 0.1) is 0 Å². The molecule has 0 aromatic carbocycles. The van der Waals surface area contributed by atoms with Crippen LogP contribution in [-0.4, -0.2) is 29.2 Å². The van der Waals surface area contributed by atoms with Gasteiger partial charge in [-0.2, -0.15) is 0 Å². The average molecular weight is 182 g/mol. The minimum absolute atomic E-state index is 0.173. The Balaban J connectivity index is 2.69. The summed E-state index contributed by atoms with van der Waals surface area (Å²) in [6.07, 6.45) is 3.80. The van der Waals surface area contributed by atoms with E-state index >= 15 is 0 Å². The number of hydrogen-bond donors (Lipinski definition) is 1. The fourth-order valence-corrected chi connectivity index (χ4v) is 1.40. The van der Waals surface area contributed by atoms with Crippen LogP contribution in [0.1, 0.15) is 13.8 Å². The van der Waals surface area contributed by atoms with E-state index in [1.807, 2.05) is 26.4 Å². The van der Waals surface area contributed by atoms with Crippen molar-refractivity contribution in [2.75, 3.05) is 18.5 Å². The lowest BCUT2D eigenvalue weighted by Crippen LogP contribution is -2.34. The molecule has 0 bridgehead atoms. The molecule has 13 heavy (non-hydrogen) atoms. The molecule has 1 unspecified atom stereocenters. The van der Waals surface area contributed by atoms with Crippen molar-refractivity contribution in [3.63, 3.8) is 0 Å². The molecule has 0 saturated heterocycles. The van der Waals surface area contributed by atoms with Gasteiger partial charge in [-0.25, -0.2) is 4.98 Å². The summed E-state index contributed by atoms with van der Waals surface area (Å²) in [5.74, 6) is 0.986. The van der Waals surface area contributed by atoms with Crippen molar-refractivity contribution in [2.45, 2.75) is 26.4 Å². The van der Waals surface area contributed by atoms with Crippen molar-refractivity contribution in [1.82, 2.24) is 9.55 Å². The topological polar surface area (TPSA) is 47.1 Å². The van der Waals surface area contributed by atoms with Gasteiger partial charge in [0.2, 0.25) is 5.95 Å². The molecule has 0 aliphatic heterocycles. The maximum Gasteiger partial charge on any atom is 0.205 e. The second-order valence-electron chi connectivity index (χ2n) is 3.37. The first-order valence-electron chi connectivity index (χ1n) is 4.63. The van der Waals surface area contributed by atoms with Gasteiger partial charge in [-0.15, -0.1) is 0 Å². The smallest absolute Gasteiger partial charge is 0.205 e. The first kappa shape index (κ1) is 10.1. The summed E-state index contributed by atoms with van der Waals surface area (Å²) in [6, 6.07) is 0.173. The van der Waals surface area contributed by atoms with Crippen molar-refractivity contribution >= 4 is 5.95 Å². The van der Waals surface area contributed by atoms with E-state index < -0.39 is 0 Å². The maximum atomic E-state index is 5.71. The Morgan fingerprint density at radius 1 is 1.69 bits per heavy atom. The van der Waals surface area contributed by atoms with Crippen LogP contribution in [-0.2, 0) is 6.54 Å². The normalized spacial score (nSPS) is 12.9. The molecular weight excluding hydrogens is 164 g/mol. The molecule has 0 radical (unpaired) electrons. The number of nitrogens with two attached hydrogens (primary N) is 1. The molecule has 1 rings (SSSR count). The minimum atomic E-state index is 0.173. The van der Waals surface area contributed by atoms with Crippen molar-refractivity contribution in [1.29, 1.82) is 0 Å². The molecule has 0 amide bonds. The number of aromatic nitrogens is 2. The Morgan fingerprint density at radius 3 is 2.92 bits per heavy atom. The number of nitrogens with zero attached hydrogens (tertiary/aromatic N) is 3. The highest BCUT2D eigenvalue weighted by Crippen LogP contribution is 2.08. The average Bonchev–Trinajstić information content (AvgIpc) is 2.49. The highest BCUT2D eigenvalue weighted by Gasteiger charge is 2.08. The largest absolute Gasteiger partial charge is 0.344 e. The molecule has 1 heterocycles. The minimum Gasteiger partial charge on any atom is -0.344 e. The maximum absolute atomic E-state index is 5.71. The number of imidazole rings is 1. The second-order valence-corrected chi connectivity index (χ2v) is 3.37. The third-order valence-electron chi connectivity index (χ3n) is 1.94. The molecule has 2 N–H and O–H groups in total. The molecule has 1 aromatic heterocycles. The summed E-state index contributed by atoms with van der Waals surface area (Å²) in [7, 11) is 2.01. The standard InChI is InChI=1S/C9H18N4/c1-4-13-6-5-11-9(13)12(3)7-8(2)10/h5-6,8H,4,7,10H2,1-3H3. The molecule has 1 atom stereocenters. The Hall–Kier alpha value is -1.03. The van der Waals surface area contributed by atoms with Gasteiger partial charge in [0.1, 0.15) is 0 Å². The summed E-state index contributed by atoms with van der Waals surface area (Å²) in [5.41, 5.74) is 5.71. The predicted molar refractivity (Wildman–Crippen MR) is 54.8 cm³/mol. The van der Waals surface area contributed by atoms with Gasteiger partial charge in [-0.1, -0.05) is 0 Å². The Kier molecular flexibility index (Phi) is 3.31. The molecule has 4 heteroatoms. The predicted octanol–water partition coefficient (Wildman–Crippen LogP) is 0.686. The van der Waals surface area contributed by atoms with Gasteiger partial charge in [0.25, 0.3) is 0 Å². The van der Waals surface area contributed by atoms with E-state index in [4.69, 9.17) is 5.73 Å². The van der Waals surface area contributed by atoms with E-state index in [1.165, 1.54) is 0 Å². The zero-order chi connectivity index (χ0) is 9.84. The molecule has 0 fully saturated rings. The van der Waals surface area contributed by atoms with E-state index in [9.17, 15) is 0 Å². The number of anilines is 1. The van der Waals surface area contributed by atoms with E-state index in [2.05, 4.69) is 21.4 Å². The van der Waals surface area contributed by atoms with Crippen LogP contribution in [0, 0.1) is 0 Å². The molecular formula is C9H18N4. The molecule has 0 saturated carbocycles. The SMILES string of the molecule is CCn1ccnc1N(C)CC(C)N. The molecule has 1 aromatic rings. The van der Waals surface area contributed by atoms with Gasteiger partial charge in [0, 0.05) is 38.6 Å². The van der Waals surface area contributed by atoms with Crippen LogP contribution in [0.15, 0.2) is 12.4 Å². The van der Waals surface area contributed by atoms with Gasteiger partial charge in [-0.05, 0) is 13.8 Å². The van der Waals surface area contributed by atoms with Crippen LogP contribution in [0.2, 0.25) is 0 Å². The van der Waals surface area contributed by atoms with Crippen molar-refractivity contribution in [2.24, 2.45) is 5.73 Å². The quantitative estimate of drug-likeness (QED) is 0.745. The first-order valence-corrected chi connectivity index (χ1v) is 4.63. The number of likely N-dealkylation sites (N-methyl/N-ethyl adjacent to an activating group) is 1. The van der Waals surface area contributed by atoms with E-state index in [0.29, 0.717) is 0 Å². The highest BCUT2D eigenvalue weighted by molar-refractivity contribution is 5.29. The van der Waals surface area contributed by atoms with Crippen LogP contribution in [0.5, 0.6) is 0 Å². The number of rotatable bonds is 4. The van der Waals surface area contributed by atoms with Crippen molar-refractivity contribution < 1.29 is 0 Å². The van der Waals surface area contributed by atoms with Crippen LogP contribution in [0.25, 0.3) is 0 Å². The van der Waals surface area contributed by atoms with E-state index in [1.54, 1.807) is 0 Å². The van der Waals surface area contributed by atoms with Crippen LogP contribution < -0.4 is 10.6 Å². The molecule has 0 aliphatic rings. The number of hydrogen-bond acceptors (Lipinski definition) is 3.